The van der Waals surface area contributed by atoms with Gasteiger partial charge in [-0.1, -0.05) is 23.2 Å². The molecule has 1 aromatic carbocycles. The number of aromatic nitrogens is 4. The monoisotopic (exact) mass is 423 g/mol. The Morgan fingerprint density at radius 2 is 1.76 bits per heavy atom. The van der Waals surface area contributed by atoms with Crippen LogP contribution in [-0.4, -0.2) is 31.6 Å². The number of carbonyl (C=O) groups excluding carboxylic acids is 2. The van der Waals surface area contributed by atoms with Crippen LogP contribution in [0.5, 0.6) is 0 Å². The van der Waals surface area contributed by atoms with Gasteiger partial charge >= 0.3 is 0 Å². The first kappa shape index (κ1) is 17.8. The topological polar surface area (TPSA) is 81.0 Å². The average Bonchev–Trinajstić information content (AvgIpc) is 3.18. The first-order valence-electron chi connectivity index (χ1n) is 8.57. The number of anilines is 1. The molecular formula is C20H11Cl2N5O2. The number of benzene rings is 1. The van der Waals surface area contributed by atoms with Gasteiger partial charge in [-0.25, -0.2) is 14.6 Å². The largest absolute Gasteiger partial charge is 0.268 e. The molecule has 0 atom stereocenters. The molecule has 0 aliphatic carbocycles. The van der Waals surface area contributed by atoms with Crippen LogP contribution in [0.1, 0.15) is 20.7 Å². The minimum Gasteiger partial charge on any atom is -0.268 e. The number of nitrogens with zero attached hydrogens (tertiary/aromatic N) is 5. The van der Waals surface area contributed by atoms with Crippen LogP contribution < -0.4 is 4.90 Å². The van der Waals surface area contributed by atoms with Crippen molar-refractivity contribution in [1.82, 2.24) is 19.7 Å². The lowest BCUT2D eigenvalue weighted by atomic mass is 10.0. The van der Waals surface area contributed by atoms with Crippen molar-refractivity contribution < 1.29 is 9.59 Å². The second kappa shape index (κ2) is 6.37. The van der Waals surface area contributed by atoms with Gasteiger partial charge < -0.3 is 0 Å². The van der Waals surface area contributed by atoms with Crippen LogP contribution in [-0.2, 0) is 7.05 Å². The highest BCUT2D eigenvalue weighted by Crippen LogP contribution is 2.39. The highest BCUT2D eigenvalue weighted by Gasteiger charge is 2.41. The Morgan fingerprint density at radius 3 is 2.48 bits per heavy atom. The minimum absolute atomic E-state index is 0.205. The second-order valence-corrected chi connectivity index (χ2v) is 7.34. The molecule has 1 aliphatic rings. The molecule has 29 heavy (non-hydrogen) atoms. The van der Waals surface area contributed by atoms with Crippen molar-refractivity contribution in [3.05, 3.63) is 70.1 Å². The Balaban J connectivity index is 1.77. The average molecular weight is 424 g/mol. The molecule has 9 heteroatoms. The quantitative estimate of drug-likeness (QED) is 0.452. The zero-order chi connectivity index (χ0) is 20.3. The minimum atomic E-state index is -0.492. The van der Waals surface area contributed by atoms with Crippen molar-refractivity contribution in [2.24, 2.45) is 7.05 Å². The maximum atomic E-state index is 13.4. The molecule has 0 radical (unpaired) electrons. The number of aryl methyl sites for hydroxylation is 1. The first-order chi connectivity index (χ1) is 14.0. The van der Waals surface area contributed by atoms with Crippen molar-refractivity contribution in [2.75, 3.05) is 4.90 Å². The predicted molar refractivity (Wildman–Crippen MR) is 109 cm³/mol. The molecule has 4 heterocycles. The fraction of sp³-hybridized carbons (Fsp3) is 0.0500. The molecule has 0 N–H and O–H groups in total. The van der Waals surface area contributed by atoms with Crippen molar-refractivity contribution in [3.63, 3.8) is 0 Å². The summed E-state index contributed by atoms with van der Waals surface area (Å²) in [7, 11) is 1.74. The number of halogens is 2. The number of carbonyl (C=O) groups is 2. The van der Waals surface area contributed by atoms with Crippen LogP contribution in [0.3, 0.4) is 0 Å². The third-order valence-corrected chi connectivity index (χ3v) is 5.34. The summed E-state index contributed by atoms with van der Waals surface area (Å²) in [5, 5.41) is 5.65. The van der Waals surface area contributed by atoms with E-state index in [0.717, 1.165) is 10.5 Å². The van der Waals surface area contributed by atoms with Crippen LogP contribution in [0.2, 0.25) is 10.0 Å². The normalized spacial score (nSPS) is 13.4. The molecule has 7 nitrogen and oxygen atoms in total. The number of amides is 2. The molecule has 0 bridgehead atoms. The SMILES string of the molecule is Cn1nc(-c2ccncc2)c2c3c(cnc21)C(=O)N(c1ccc(Cl)cc1Cl)C3=O. The molecule has 0 spiro atoms. The van der Waals surface area contributed by atoms with Crippen molar-refractivity contribution >= 4 is 51.7 Å². The van der Waals surface area contributed by atoms with Gasteiger partial charge in [0.1, 0.15) is 5.69 Å². The van der Waals surface area contributed by atoms with E-state index in [1.165, 1.54) is 12.3 Å². The predicted octanol–water partition coefficient (Wildman–Crippen LogP) is 4.14. The molecule has 142 valence electrons. The molecule has 4 aromatic rings. The zero-order valence-corrected chi connectivity index (χ0v) is 16.4. The summed E-state index contributed by atoms with van der Waals surface area (Å²) in [4.78, 5) is 35.9. The molecule has 5 rings (SSSR count). The maximum absolute atomic E-state index is 13.4. The maximum Gasteiger partial charge on any atom is 0.267 e. The lowest BCUT2D eigenvalue weighted by Crippen LogP contribution is -2.29. The van der Waals surface area contributed by atoms with Gasteiger partial charge in [-0.15, -0.1) is 0 Å². The lowest BCUT2D eigenvalue weighted by molar-refractivity contribution is 0.0926. The van der Waals surface area contributed by atoms with E-state index < -0.39 is 11.8 Å². The van der Waals surface area contributed by atoms with Gasteiger partial charge in [-0.3, -0.25) is 14.6 Å². The molecule has 0 unspecified atom stereocenters. The summed E-state index contributed by atoms with van der Waals surface area (Å²) in [5.41, 5.74) is 2.55. The third-order valence-electron chi connectivity index (χ3n) is 4.81. The van der Waals surface area contributed by atoms with Gasteiger partial charge in [-0.2, -0.15) is 5.10 Å². The van der Waals surface area contributed by atoms with Crippen molar-refractivity contribution in [3.8, 4) is 11.3 Å². The van der Waals surface area contributed by atoms with E-state index in [9.17, 15) is 9.59 Å². The smallest absolute Gasteiger partial charge is 0.267 e. The van der Waals surface area contributed by atoms with E-state index in [2.05, 4.69) is 15.1 Å². The molecular weight excluding hydrogens is 413 g/mol. The van der Waals surface area contributed by atoms with Crippen molar-refractivity contribution in [2.45, 2.75) is 0 Å². The third kappa shape index (κ3) is 2.55. The Hall–Kier alpha value is -3.29. The van der Waals surface area contributed by atoms with Gasteiger partial charge in [0.05, 0.1) is 27.2 Å². The summed E-state index contributed by atoms with van der Waals surface area (Å²) in [6.07, 6.45) is 4.68. The standard InChI is InChI=1S/C20H11Cl2N5O2/c1-26-18-16(17(25-26)10-4-6-23-7-5-10)15-12(9-24-18)19(28)27(20(15)29)14-3-2-11(21)8-13(14)22/h2-9H,1H3. The molecule has 0 saturated carbocycles. The summed E-state index contributed by atoms with van der Waals surface area (Å²) >= 11 is 12.2. The Labute approximate surface area is 174 Å². The molecule has 0 fully saturated rings. The Bertz CT molecular complexity index is 1330. The number of hydrogen-bond donors (Lipinski definition) is 0. The van der Waals surface area contributed by atoms with E-state index in [0.29, 0.717) is 21.7 Å². The summed E-state index contributed by atoms with van der Waals surface area (Å²) in [6.45, 7) is 0. The van der Waals surface area contributed by atoms with Crippen molar-refractivity contribution in [1.29, 1.82) is 0 Å². The molecule has 1 aliphatic heterocycles. The van der Waals surface area contributed by atoms with E-state index in [1.807, 2.05) is 0 Å². The second-order valence-electron chi connectivity index (χ2n) is 6.50. The van der Waals surface area contributed by atoms with E-state index in [4.69, 9.17) is 23.2 Å². The Morgan fingerprint density at radius 1 is 1.00 bits per heavy atom. The van der Waals surface area contributed by atoms with Gasteiger partial charge in [0.2, 0.25) is 0 Å². The van der Waals surface area contributed by atoms with Gasteiger partial charge in [-0.05, 0) is 30.3 Å². The van der Waals surface area contributed by atoms with E-state index >= 15 is 0 Å². The molecule has 0 saturated heterocycles. The summed E-state index contributed by atoms with van der Waals surface area (Å²) in [6, 6.07) is 8.19. The number of imide groups is 1. The molecule has 3 aromatic heterocycles. The fourth-order valence-electron chi connectivity index (χ4n) is 3.52. The van der Waals surface area contributed by atoms with Gasteiger partial charge in [0.25, 0.3) is 11.8 Å². The van der Waals surface area contributed by atoms with Crippen LogP contribution in [0.15, 0.2) is 48.9 Å². The zero-order valence-electron chi connectivity index (χ0n) is 14.9. The summed E-state index contributed by atoms with van der Waals surface area (Å²) < 4.78 is 1.58. The fourth-order valence-corrected chi connectivity index (χ4v) is 4.01. The highest BCUT2D eigenvalue weighted by atomic mass is 35.5. The Kier molecular flexibility index (Phi) is 3.90. The van der Waals surface area contributed by atoms with Gasteiger partial charge in [0.15, 0.2) is 5.65 Å². The number of pyridine rings is 2. The van der Waals surface area contributed by atoms with E-state index in [1.54, 1.807) is 48.4 Å². The molecule has 2 amide bonds. The van der Waals surface area contributed by atoms with Crippen LogP contribution in [0.4, 0.5) is 5.69 Å². The van der Waals surface area contributed by atoms with E-state index in [-0.39, 0.29) is 21.8 Å². The van der Waals surface area contributed by atoms with Gasteiger partial charge in [0, 0.05) is 36.2 Å². The lowest BCUT2D eigenvalue weighted by Gasteiger charge is -2.15. The van der Waals surface area contributed by atoms with Crippen LogP contribution in [0.25, 0.3) is 22.3 Å². The van der Waals surface area contributed by atoms with Crippen LogP contribution in [0, 0.1) is 0 Å². The van der Waals surface area contributed by atoms with Crippen LogP contribution >= 0.6 is 23.2 Å². The number of fused-ring (bicyclic) bond motifs is 3. The highest BCUT2D eigenvalue weighted by molar-refractivity contribution is 6.42. The number of rotatable bonds is 2. The first-order valence-corrected chi connectivity index (χ1v) is 9.33. The summed E-state index contributed by atoms with van der Waals surface area (Å²) in [5.74, 6) is -0.974. The number of hydrogen-bond acceptors (Lipinski definition) is 5.